The van der Waals surface area contributed by atoms with Crippen LogP contribution in [0.5, 0.6) is 0 Å². The Bertz CT molecular complexity index is 1040. The Labute approximate surface area is 214 Å². The van der Waals surface area contributed by atoms with Crippen molar-refractivity contribution in [1.29, 1.82) is 0 Å². The molecule has 3 aliphatic heterocycles. The lowest BCUT2D eigenvalue weighted by Gasteiger charge is -2.50. The number of halogens is 1. The predicted octanol–water partition coefficient (Wildman–Crippen LogP) is 5.15. The number of nitrogens with zero attached hydrogens (tertiary/aromatic N) is 4. The van der Waals surface area contributed by atoms with Crippen LogP contribution < -0.4 is 4.90 Å². The van der Waals surface area contributed by atoms with Gasteiger partial charge in [0.25, 0.3) is 0 Å². The minimum Gasteiger partial charge on any atom is -0.367 e. The van der Waals surface area contributed by atoms with Gasteiger partial charge in [0.2, 0.25) is 5.24 Å². The zero-order valence-corrected chi connectivity index (χ0v) is 21.4. The van der Waals surface area contributed by atoms with Crippen LogP contribution in [0.15, 0.2) is 48.7 Å². The molecule has 3 fully saturated rings. The molecule has 2 unspecified atom stereocenters. The average molecular weight is 493 g/mol. The lowest BCUT2D eigenvalue weighted by Crippen LogP contribution is -2.56. The van der Waals surface area contributed by atoms with E-state index >= 15 is 0 Å². The van der Waals surface area contributed by atoms with Gasteiger partial charge in [-0.05, 0) is 93.5 Å². The average Bonchev–Trinajstić information content (AvgIpc) is 3.17. The first-order valence-electron chi connectivity index (χ1n) is 13.6. The van der Waals surface area contributed by atoms with E-state index in [0.717, 1.165) is 37.7 Å². The maximum Gasteiger partial charge on any atom is 0.222 e. The summed E-state index contributed by atoms with van der Waals surface area (Å²) in [4.78, 5) is 24.3. The number of rotatable bonds is 6. The summed E-state index contributed by atoms with van der Waals surface area (Å²) < 4.78 is 0. The van der Waals surface area contributed by atoms with Crippen molar-refractivity contribution in [1.82, 2.24) is 14.8 Å². The third kappa shape index (κ3) is 4.52. The van der Waals surface area contributed by atoms with Crippen molar-refractivity contribution in [3.63, 3.8) is 0 Å². The molecule has 2 saturated heterocycles. The summed E-state index contributed by atoms with van der Waals surface area (Å²) in [6.45, 7) is 5.36. The Balaban J connectivity index is 1.24. The van der Waals surface area contributed by atoms with Crippen LogP contribution in [0.1, 0.15) is 68.7 Å². The van der Waals surface area contributed by atoms with Crippen LogP contribution in [0, 0.1) is 0 Å². The van der Waals surface area contributed by atoms with Crippen LogP contribution in [0.4, 0.5) is 5.69 Å². The molecular formula is C29H37ClN4O. The largest absolute Gasteiger partial charge is 0.367 e. The first kappa shape index (κ1) is 23.4. The van der Waals surface area contributed by atoms with Gasteiger partial charge < -0.3 is 9.80 Å². The van der Waals surface area contributed by atoms with Gasteiger partial charge in [0, 0.05) is 48.9 Å². The molecule has 35 heavy (non-hydrogen) atoms. The van der Waals surface area contributed by atoms with E-state index in [2.05, 4.69) is 51.1 Å². The Kier molecular flexibility index (Phi) is 6.59. The number of fused-ring (bicyclic) bond motifs is 2. The van der Waals surface area contributed by atoms with Crippen LogP contribution in [-0.2, 0) is 10.2 Å². The summed E-state index contributed by atoms with van der Waals surface area (Å²) in [5.74, 6) is 0. The maximum absolute atomic E-state index is 11.6. The molecule has 6 heteroatoms. The quantitative estimate of drug-likeness (QED) is 0.521. The molecule has 0 bridgehead atoms. The van der Waals surface area contributed by atoms with Gasteiger partial charge in [-0.3, -0.25) is 14.7 Å². The van der Waals surface area contributed by atoms with E-state index in [0.29, 0.717) is 19.0 Å². The Morgan fingerprint density at radius 2 is 1.80 bits per heavy atom. The van der Waals surface area contributed by atoms with Crippen molar-refractivity contribution in [2.75, 3.05) is 37.6 Å². The molecule has 6 rings (SSSR count). The number of benzene rings is 1. The van der Waals surface area contributed by atoms with E-state index in [1.54, 1.807) is 0 Å². The second kappa shape index (κ2) is 9.84. The van der Waals surface area contributed by atoms with E-state index in [-0.39, 0.29) is 16.7 Å². The molecule has 0 N–H and O–H groups in total. The molecule has 0 radical (unpaired) electrons. The van der Waals surface area contributed by atoms with Crippen molar-refractivity contribution >= 4 is 22.5 Å². The summed E-state index contributed by atoms with van der Waals surface area (Å²) in [7, 11) is 0. The van der Waals surface area contributed by atoms with Gasteiger partial charge in [0.1, 0.15) is 0 Å². The van der Waals surface area contributed by atoms with E-state index in [9.17, 15) is 4.79 Å². The fourth-order valence-electron chi connectivity index (χ4n) is 7.26. The summed E-state index contributed by atoms with van der Waals surface area (Å²) in [5.41, 5.74) is 4.23. The second-order valence-corrected chi connectivity index (χ2v) is 11.6. The smallest absolute Gasteiger partial charge is 0.222 e. The molecular weight excluding hydrogens is 456 g/mol. The van der Waals surface area contributed by atoms with Crippen LogP contribution >= 0.6 is 11.6 Å². The number of pyridine rings is 1. The Morgan fingerprint density at radius 1 is 1.00 bits per heavy atom. The number of hydrogen-bond acceptors (Lipinski definition) is 5. The highest BCUT2D eigenvalue weighted by Gasteiger charge is 2.51. The van der Waals surface area contributed by atoms with E-state index in [4.69, 9.17) is 16.6 Å². The Morgan fingerprint density at radius 3 is 2.57 bits per heavy atom. The molecule has 0 amide bonds. The highest BCUT2D eigenvalue weighted by molar-refractivity contribution is 6.63. The summed E-state index contributed by atoms with van der Waals surface area (Å²) in [6, 6.07) is 17.0. The zero-order valence-electron chi connectivity index (χ0n) is 20.6. The lowest BCUT2D eigenvalue weighted by atomic mass is 9.71. The summed E-state index contributed by atoms with van der Waals surface area (Å²) >= 11 is 5.73. The van der Waals surface area contributed by atoms with Crippen molar-refractivity contribution in [3.8, 4) is 0 Å². The fraction of sp³-hybridized carbons (Fsp3) is 0.586. The molecule has 186 valence electrons. The number of likely N-dealkylation sites (tertiary alicyclic amines) is 2. The monoisotopic (exact) mass is 492 g/mol. The topological polar surface area (TPSA) is 39.7 Å². The normalized spacial score (nSPS) is 31.3. The standard InChI is InChI=1S/C29H37ClN4O/c30-28(35)11-16-33-17-12-29(20-27(33)25-9-4-5-13-31-25)21-34(26-10-3-2-8-24(26)29)23-18-22(19-23)32-14-6-1-7-15-32/h2-5,8-10,13,22-23,27H,1,6-7,11-12,14-21H2. The van der Waals surface area contributed by atoms with Crippen molar-refractivity contribution in [2.45, 2.75) is 74.9 Å². The molecule has 1 aromatic carbocycles. The number of anilines is 1. The highest BCUT2D eigenvalue weighted by atomic mass is 35.5. The summed E-state index contributed by atoms with van der Waals surface area (Å²) in [5, 5.41) is -0.254. The third-order valence-corrected chi connectivity index (χ3v) is 9.41. The molecule has 1 aliphatic carbocycles. The number of para-hydroxylation sites is 1. The van der Waals surface area contributed by atoms with Gasteiger partial charge in [-0.1, -0.05) is 30.7 Å². The second-order valence-electron chi connectivity index (χ2n) is 11.2. The molecule has 2 atom stereocenters. The molecule has 1 aromatic heterocycles. The number of carbonyl (C=O) groups is 1. The molecule has 2 aromatic rings. The van der Waals surface area contributed by atoms with E-state index in [1.807, 2.05) is 12.3 Å². The molecule has 4 aliphatic rings. The van der Waals surface area contributed by atoms with Gasteiger partial charge >= 0.3 is 0 Å². The maximum atomic E-state index is 11.6. The first-order valence-corrected chi connectivity index (χ1v) is 13.9. The SMILES string of the molecule is O=C(Cl)CCN1CCC2(CC1c1ccccn1)CN(C1CC(N3CCCCC3)C1)c1ccccc12. The molecule has 5 nitrogen and oxygen atoms in total. The van der Waals surface area contributed by atoms with Gasteiger partial charge in [0.15, 0.2) is 0 Å². The lowest BCUT2D eigenvalue weighted by molar-refractivity contribution is -0.112. The number of aromatic nitrogens is 1. The molecule has 4 heterocycles. The van der Waals surface area contributed by atoms with Crippen LogP contribution in [0.3, 0.4) is 0 Å². The van der Waals surface area contributed by atoms with Crippen LogP contribution in [-0.4, -0.2) is 64.8 Å². The van der Waals surface area contributed by atoms with Gasteiger partial charge in [-0.2, -0.15) is 0 Å². The van der Waals surface area contributed by atoms with Crippen molar-refractivity contribution in [2.24, 2.45) is 0 Å². The van der Waals surface area contributed by atoms with E-state index in [1.165, 1.54) is 56.4 Å². The van der Waals surface area contributed by atoms with Crippen molar-refractivity contribution in [3.05, 3.63) is 59.9 Å². The van der Waals surface area contributed by atoms with Crippen LogP contribution in [0.25, 0.3) is 0 Å². The number of carbonyl (C=O) groups excluding carboxylic acids is 1. The molecule has 1 saturated carbocycles. The summed E-state index contributed by atoms with van der Waals surface area (Å²) in [6.07, 6.45) is 11.2. The van der Waals surface area contributed by atoms with Gasteiger partial charge in [-0.15, -0.1) is 0 Å². The number of hydrogen-bond donors (Lipinski definition) is 0. The minimum absolute atomic E-state index is 0.135. The van der Waals surface area contributed by atoms with Gasteiger partial charge in [-0.25, -0.2) is 0 Å². The number of piperidine rings is 2. The zero-order chi connectivity index (χ0) is 23.8. The predicted molar refractivity (Wildman–Crippen MR) is 141 cm³/mol. The first-order chi connectivity index (χ1) is 17.1. The van der Waals surface area contributed by atoms with Crippen LogP contribution in [0.2, 0.25) is 0 Å². The highest BCUT2D eigenvalue weighted by Crippen LogP contribution is 2.53. The van der Waals surface area contributed by atoms with E-state index < -0.39 is 0 Å². The van der Waals surface area contributed by atoms with Gasteiger partial charge in [0.05, 0.1) is 11.7 Å². The Hall–Kier alpha value is -1.95. The minimum atomic E-state index is -0.254. The van der Waals surface area contributed by atoms with Crippen molar-refractivity contribution < 1.29 is 4.79 Å². The molecule has 1 spiro atoms. The fourth-order valence-corrected chi connectivity index (χ4v) is 7.34. The third-order valence-electron chi connectivity index (χ3n) is 9.22.